The van der Waals surface area contributed by atoms with Crippen LogP contribution in [0.1, 0.15) is 36.2 Å². The average Bonchev–Trinajstić information content (AvgIpc) is 3.52. The Morgan fingerprint density at radius 3 is 2.77 bits per heavy atom. The van der Waals surface area contributed by atoms with E-state index >= 15 is 0 Å². The van der Waals surface area contributed by atoms with Crippen LogP contribution in [0, 0.1) is 5.92 Å². The Balaban J connectivity index is 1.32. The lowest BCUT2D eigenvalue weighted by Crippen LogP contribution is -2.44. The van der Waals surface area contributed by atoms with Gasteiger partial charge in [-0.15, -0.1) is 11.3 Å². The van der Waals surface area contributed by atoms with Gasteiger partial charge in [-0.25, -0.2) is 9.97 Å². The van der Waals surface area contributed by atoms with E-state index in [1.807, 2.05) is 41.4 Å². The van der Waals surface area contributed by atoms with Crippen LogP contribution in [0.25, 0.3) is 5.82 Å². The molecular weight excluding hydrogens is 406 g/mol. The van der Waals surface area contributed by atoms with Gasteiger partial charge in [-0.05, 0) is 54.9 Å². The number of thiophene rings is 1. The fraction of sp³-hybridized carbons (Fsp3) is 0.435. The number of nitrogens with zero attached hydrogens (tertiary/aromatic N) is 5. The predicted octanol–water partition coefficient (Wildman–Crippen LogP) is 3.47. The smallest absolute Gasteiger partial charge is 0.191 e. The normalized spacial score (nSPS) is 16.9. The Bertz CT molecular complexity index is 927. The molecule has 3 aromatic rings. The van der Waals surface area contributed by atoms with E-state index in [2.05, 4.69) is 61.0 Å². The molecule has 1 aliphatic heterocycles. The van der Waals surface area contributed by atoms with Crippen molar-refractivity contribution in [3.8, 4) is 5.82 Å². The van der Waals surface area contributed by atoms with Crippen molar-refractivity contribution in [1.29, 1.82) is 0 Å². The minimum atomic E-state index is 0.377. The molecule has 2 N–H and O–H groups in total. The van der Waals surface area contributed by atoms with Crippen molar-refractivity contribution >= 4 is 17.3 Å². The lowest BCUT2D eigenvalue weighted by atomic mass is 9.97. The van der Waals surface area contributed by atoms with E-state index < -0.39 is 0 Å². The summed E-state index contributed by atoms with van der Waals surface area (Å²) in [4.78, 5) is 17.0. The summed E-state index contributed by atoms with van der Waals surface area (Å²) in [5.74, 6) is 2.50. The van der Waals surface area contributed by atoms with Crippen molar-refractivity contribution in [3.05, 3.63) is 65.0 Å². The second-order valence-corrected chi connectivity index (χ2v) is 9.03. The van der Waals surface area contributed by atoms with E-state index in [4.69, 9.17) is 0 Å². The van der Waals surface area contributed by atoms with Gasteiger partial charge in [-0.2, -0.15) is 0 Å². The molecule has 4 heterocycles. The fourth-order valence-corrected chi connectivity index (χ4v) is 4.76. The average molecular weight is 438 g/mol. The molecule has 7 nitrogen and oxygen atoms in total. The first kappa shape index (κ1) is 21.5. The third kappa shape index (κ3) is 5.71. The molecule has 0 saturated carbocycles. The highest BCUT2D eigenvalue weighted by Crippen LogP contribution is 2.29. The number of hydrogen-bond donors (Lipinski definition) is 2. The molecule has 0 radical (unpaired) electrons. The van der Waals surface area contributed by atoms with Crippen LogP contribution >= 0.6 is 11.3 Å². The minimum Gasteiger partial charge on any atom is -0.354 e. The highest BCUT2D eigenvalue weighted by atomic mass is 32.1. The Labute approximate surface area is 188 Å². The van der Waals surface area contributed by atoms with Gasteiger partial charge in [0.25, 0.3) is 0 Å². The summed E-state index contributed by atoms with van der Waals surface area (Å²) in [6.07, 6.45) is 9.82. The lowest BCUT2D eigenvalue weighted by Gasteiger charge is -2.36. The molecule has 31 heavy (non-hydrogen) atoms. The van der Waals surface area contributed by atoms with Gasteiger partial charge in [0.05, 0.1) is 6.04 Å². The molecule has 0 aromatic carbocycles. The highest BCUT2D eigenvalue weighted by molar-refractivity contribution is 7.10. The van der Waals surface area contributed by atoms with Crippen molar-refractivity contribution < 1.29 is 0 Å². The van der Waals surface area contributed by atoms with E-state index in [-0.39, 0.29) is 0 Å². The maximum Gasteiger partial charge on any atom is 0.191 e. The Morgan fingerprint density at radius 1 is 1.26 bits per heavy atom. The summed E-state index contributed by atoms with van der Waals surface area (Å²) in [5.41, 5.74) is 1.10. The third-order valence-corrected chi connectivity index (χ3v) is 6.83. The van der Waals surface area contributed by atoms with Crippen LogP contribution in [0.3, 0.4) is 0 Å². The zero-order valence-corrected chi connectivity index (χ0v) is 19.1. The van der Waals surface area contributed by atoms with Crippen LogP contribution in [0.5, 0.6) is 0 Å². The predicted molar refractivity (Wildman–Crippen MR) is 127 cm³/mol. The molecule has 8 heteroatoms. The van der Waals surface area contributed by atoms with Crippen molar-refractivity contribution in [3.63, 3.8) is 0 Å². The number of aromatic nitrogens is 3. The summed E-state index contributed by atoms with van der Waals surface area (Å²) in [7, 11) is 1.82. The van der Waals surface area contributed by atoms with Crippen molar-refractivity contribution in [2.45, 2.75) is 32.4 Å². The zero-order valence-electron chi connectivity index (χ0n) is 18.2. The van der Waals surface area contributed by atoms with Crippen LogP contribution in [0.15, 0.2) is 59.6 Å². The number of piperidine rings is 1. The van der Waals surface area contributed by atoms with Gasteiger partial charge in [-0.3, -0.25) is 14.5 Å². The van der Waals surface area contributed by atoms with Crippen molar-refractivity contribution in [2.24, 2.45) is 10.9 Å². The number of likely N-dealkylation sites (tertiary alicyclic amines) is 1. The number of nitrogens with one attached hydrogen (secondary N) is 2. The largest absolute Gasteiger partial charge is 0.354 e. The van der Waals surface area contributed by atoms with E-state index in [9.17, 15) is 0 Å². The van der Waals surface area contributed by atoms with Crippen LogP contribution in [-0.4, -0.2) is 52.1 Å². The number of rotatable bonds is 7. The number of imidazole rings is 1. The summed E-state index contributed by atoms with van der Waals surface area (Å²) in [5, 5.41) is 9.13. The molecular formula is C23H31N7S. The molecule has 0 amide bonds. The molecule has 3 aromatic heterocycles. The molecule has 1 fully saturated rings. The number of guanidine groups is 1. The van der Waals surface area contributed by atoms with Crippen LogP contribution in [0.4, 0.5) is 0 Å². The maximum atomic E-state index is 4.52. The topological polar surface area (TPSA) is 70.4 Å². The van der Waals surface area contributed by atoms with Crippen LogP contribution in [0.2, 0.25) is 0 Å². The molecule has 0 aliphatic carbocycles. The van der Waals surface area contributed by atoms with Gasteiger partial charge in [0.15, 0.2) is 5.96 Å². The standard InChI is InChI=1S/C23H31N7S/c1-18-7-10-29(11-8-18)20(21-4-3-13-31-21)16-28-23(24-2)27-15-19-5-6-22(26-14-19)30-12-9-25-17-30/h3-6,9,12-14,17-18,20H,7-8,10-11,15-16H2,1-2H3,(H2,24,27,28). The SMILES string of the molecule is CN=C(NCc1ccc(-n2ccnc2)nc1)NCC(c1cccs1)N1CCC(C)CC1. The molecule has 1 unspecified atom stereocenters. The Kier molecular flexibility index (Phi) is 7.32. The monoisotopic (exact) mass is 437 g/mol. The van der Waals surface area contributed by atoms with Gasteiger partial charge in [0.1, 0.15) is 12.1 Å². The summed E-state index contributed by atoms with van der Waals surface area (Å²) < 4.78 is 1.89. The summed E-state index contributed by atoms with van der Waals surface area (Å²) in [6.45, 7) is 6.19. The molecule has 1 saturated heterocycles. The summed E-state index contributed by atoms with van der Waals surface area (Å²) >= 11 is 1.84. The van der Waals surface area contributed by atoms with Gasteiger partial charge >= 0.3 is 0 Å². The third-order valence-electron chi connectivity index (χ3n) is 5.86. The molecule has 0 bridgehead atoms. The van der Waals surface area contributed by atoms with Gasteiger partial charge < -0.3 is 10.6 Å². The summed E-state index contributed by atoms with van der Waals surface area (Å²) in [6, 6.07) is 8.85. The van der Waals surface area contributed by atoms with Crippen molar-refractivity contribution in [1.82, 2.24) is 30.1 Å². The second-order valence-electron chi connectivity index (χ2n) is 8.05. The van der Waals surface area contributed by atoms with E-state index in [0.717, 1.165) is 42.9 Å². The van der Waals surface area contributed by atoms with Gasteiger partial charge in [-0.1, -0.05) is 19.1 Å². The van der Waals surface area contributed by atoms with Gasteiger partial charge in [0, 0.05) is 43.6 Å². The Hall–Kier alpha value is -2.71. The number of aliphatic imine (C=N–C) groups is 1. The maximum absolute atomic E-state index is 4.52. The van der Waals surface area contributed by atoms with E-state index in [1.54, 1.807) is 12.5 Å². The zero-order chi connectivity index (χ0) is 21.5. The minimum absolute atomic E-state index is 0.377. The number of pyridine rings is 1. The number of hydrogen-bond acceptors (Lipinski definition) is 5. The second kappa shape index (κ2) is 10.5. The first-order chi connectivity index (χ1) is 15.2. The molecule has 1 atom stereocenters. The molecule has 164 valence electrons. The van der Waals surface area contributed by atoms with Crippen LogP contribution in [-0.2, 0) is 6.54 Å². The lowest BCUT2D eigenvalue weighted by molar-refractivity contribution is 0.140. The molecule has 0 spiro atoms. The Morgan fingerprint density at radius 2 is 2.13 bits per heavy atom. The van der Waals surface area contributed by atoms with E-state index in [1.165, 1.54) is 17.7 Å². The van der Waals surface area contributed by atoms with Crippen LogP contribution < -0.4 is 10.6 Å². The quantitative estimate of drug-likeness (QED) is 0.438. The van der Waals surface area contributed by atoms with Crippen molar-refractivity contribution in [2.75, 3.05) is 26.7 Å². The fourth-order valence-electron chi connectivity index (χ4n) is 3.90. The van der Waals surface area contributed by atoms with Gasteiger partial charge in [0.2, 0.25) is 0 Å². The van der Waals surface area contributed by atoms with E-state index in [0.29, 0.717) is 12.6 Å². The molecule has 4 rings (SSSR count). The highest BCUT2D eigenvalue weighted by Gasteiger charge is 2.25. The molecule has 1 aliphatic rings. The first-order valence-electron chi connectivity index (χ1n) is 10.9. The first-order valence-corrected chi connectivity index (χ1v) is 11.8.